The number of carbonyl (C=O) groups is 1. The predicted octanol–water partition coefficient (Wildman–Crippen LogP) is 2.07. The summed E-state index contributed by atoms with van der Waals surface area (Å²) in [6, 6.07) is 3.66. The number of halogens is 1. The molecule has 1 aliphatic carbocycles. The van der Waals surface area contributed by atoms with Gasteiger partial charge >= 0.3 is 0 Å². The van der Waals surface area contributed by atoms with E-state index in [1.807, 2.05) is 12.1 Å². The Morgan fingerprint density at radius 1 is 1.62 bits per heavy atom. The van der Waals surface area contributed by atoms with Crippen molar-refractivity contribution >= 4 is 21.8 Å². The van der Waals surface area contributed by atoms with Crippen molar-refractivity contribution in [3.8, 4) is 0 Å². The molecule has 2 rings (SSSR count). The van der Waals surface area contributed by atoms with Crippen LogP contribution in [-0.4, -0.2) is 5.91 Å². The molecule has 3 nitrogen and oxygen atoms in total. The Hall–Kier alpha value is -0.770. The van der Waals surface area contributed by atoms with Crippen LogP contribution in [0.4, 0.5) is 0 Å². The van der Waals surface area contributed by atoms with Gasteiger partial charge < -0.3 is 9.73 Å². The normalized spacial score (nSPS) is 15.8. The minimum absolute atomic E-state index is 0.146. The van der Waals surface area contributed by atoms with Gasteiger partial charge in [-0.2, -0.15) is 0 Å². The molecule has 0 aromatic carbocycles. The van der Waals surface area contributed by atoms with E-state index in [2.05, 4.69) is 21.2 Å². The van der Waals surface area contributed by atoms with E-state index >= 15 is 0 Å². The SMILES string of the molecule is O=C(NCc1ccc(Br)o1)C1CC1. The monoisotopic (exact) mass is 243 g/mol. The van der Waals surface area contributed by atoms with Gasteiger partial charge in [0.2, 0.25) is 5.91 Å². The molecule has 1 aromatic rings. The average molecular weight is 244 g/mol. The first-order valence-corrected chi connectivity index (χ1v) is 5.07. The molecule has 0 radical (unpaired) electrons. The fourth-order valence-corrected chi connectivity index (χ4v) is 1.45. The van der Waals surface area contributed by atoms with Gasteiger partial charge in [0.05, 0.1) is 6.54 Å². The molecule has 0 spiro atoms. The van der Waals surface area contributed by atoms with Gasteiger partial charge in [0, 0.05) is 5.92 Å². The highest BCUT2D eigenvalue weighted by Gasteiger charge is 2.29. The molecule has 70 valence electrons. The molecular formula is C9H10BrNO2. The lowest BCUT2D eigenvalue weighted by Gasteiger charge is -2.00. The third kappa shape index (κ3) is 2.34. The summed E-state index contributed by atoms with van der Waals surface area (Å²) >= 11 is 3.20. The van der Waals surface area contributed by atoms with Crippen LogP contribution in [0.25, 0.3) is 0 Å². The van der Waals surface area contributed by atoms with Gasteiger partial charge in [0.25, 0.3) is 0 Å². The van der Waals surface area contributed by atoms with Crippen LogP contribution in [0.3, 0.4) is 0 Å². The van der Waals surface area contributed by atoms with Crippen LogP contribution in [0.2, 0.25) is 0 Å². The van der Waals surface area contributed by atoms with Crippen LogP contribution in [0.15, 0.2) is 21.2 Å². The lowest BCUT2D eigenvalue weighted by atomic mass is 10.4. The summed E-state index contributed by atoms with van der Waals surface area (Å²) in [4.78, 5) is 11.2. The molecule has 4 heteroatoms. The van der Waals surface area contributed by atoms with Crippen molar-refractivity contribution in [2.24, 2.45) is 5.92 Å². The van der Waals surface area contributed by atoms with Gasteiger partial charge in [-0.1, -0.05) is 0 Å². The maximum Gasteiger partial charge on any atom is 0.223 e. The van der Waals surface area contributed by atoms with Gasteiger partial charge in [-0.25, -0.2) is 0 Å². The first-order chi connectivity index (χ1) is 6.25. The Kier molecular flexibility index (Phi) is 2.40. The molecule has 13 heavy (non-hydrogen) atoms. The minimum atomic E-state index is 0.146. The molecule has 0 unspecified atom stereocenters. The second kappa shape index (κ2) is 3.54. The highest BCUT2D eigenvalue weighted by molar-refractivity contribution is 9.10. The van der Waals surface area contributed by atoms with Crippen LogP contribution in [0.5, 0.6) is 0 Å². The Bertz CT molecular complexity index is 317. The van der Waals surface area contributed by atoms with Gasteiger partial charge in [-0.3, -0.25) is 4.79 Å². The molecule has 1 heterocycles. The van der Waals surface area contributed by atoms with Crippen molar-refractivity contribution in [2.75, 3.05) is 0 Å². The smallest absolute Gasteiger partial charge is 0.223 e. The van der Waals surface area contributed by atoms with Crippen molar-refractivity contribution in [3.05, 3.63) is 22.6 Å². The van der Waals surface area contributed by atoms with E-state index in [1.54, 1.807) is 0 Å². The molecule has 0 bridgehead atoms. The summed E-state index contributed by atoms with van der Waals surface area (Å²) in [7, 11) is 0. The number of hydrogen-bond donors (Lipinski definition) is 1. The molecule has 1 fully saturated rings. The summed E-state index contributed by atoms with van der Waals surface area (Å²) in [6.45, 7) is 0.487. The average Bonchev–Trinajstić information content (AvgIpc) is 2.87. The lowest BCUT2D eigenvalue weighted by molar-refractivity contribution is -0.122. The Morgan fingerprint density at radius 2 is 2.38 bits per heavy atom. The molecule has 1 amide bonds. The molecule has 1 saturated carbocycles. The number of amides is 1. The highest BCUT2D eigenvalue weighted by Crippen LogP contribution is 2.28. The maximum atomic E-state index is 11.2. The Labute approximate surface area is 84.6 Å². The molecule has 0 saturated heterocycles. The fourth-order valence-electron chi connectivity index (χ4n) is 1.11. The molecule has 1 aromatic heterocycles. The first-order valence-electron chi connectivity index (χ1n) is 4.27. The van der Waals surface area contributed by atoms with Crippen LogP contribution in [0, 0.1) is 5.92 Å². The first kappa shape index (κ1) is 8.81. The zero-order valence-corrected chi connectivity index (χ0v) is 8.63. The standard InChI is InChI=1S/C9H10BrNO2/c10-8-4-3-7(13-8)5-11-9(12)6-1-2-6/h3-4,6H,1-2,5H2,(H,11,12). The van der Waals surface area contributed by atoms with Crippen molar-refractivity contribution in [1.29, 1.82) is 0 Å². The van der Waals surface area contributed by atoms with Crippen molar-refractivity contribution in [2.45, 2.75) is 19.4 Å². The van der Waals surface area contributed by atoms with Crippen LogP contribution < -0.4 is 5.32 Å². The third-order valence-corrected chi connectivity index (χ3v) is 2.44. The largest absolute Gasteiger partial charge is 0.452 e. The van der Waals surface area contributed by atoms with Crippen molar-refractivity contribution in [1.82, 2.24) is 5.32 Å². The second-order valence-electron chi connectivity index (χ2n) is 3.20. The Balaban J connectivity index is 1.81. The maximum absolute atomic E-state index is 11.2. The quantitative estimate of drug-likeness (QED) is 0.884. The topological polar surface area (TPSA) is 42.2 Å². The third-order valence-electron chi connectivity index (χ3n) is 2.01. The minimum Gasteiger partial charge on any atom is -0.452 e. The molecule has 1 N–H and O–H groups in total. The highest BCUT2D eigenvalue weighted by atomic mass is 79.9. The molecule has 0 atom stereocenters. The summed E-state index contributed by atoms with van der Waals surface area (Å²) < 4.78 is 5.93. The number of furan rings is 1. The summed E-state index contributed by atoms with van der Waals surface area (Å²) in [5.74, 6) is 1.19. The number of carbonyl (C=O) groups excluding carboxylic acids is 1. The molecule has 0 aliphatic heterocycles. The van der Waals surface area contributed by atoms with Gasteiger partial charge in [-0.05, 0) is 40.9 Å². The summed E-state index contributed by atoms with van der Waals surface area (Å²) in [5.41, 5.74) is 0. The van der Waals surface area contributed by atoms with E-state index < -0.39 is 0 Å². The van der Waals surface area contributed by atoms with Gasteiger partial charge in [0.1, 0.15) is 5.76 Å². The van der Waals surface area contributed by atoms with Gasteiger partial charge in [-0.15, -0.1) is 0 Å². The summed E-state index contributed by atoms with van der Waals surface area (Å²) in [6.07, 6.45) is 2.07. The van der Waals surface area contributed by atoms with Crippen molar-refractivity contribution in [3.63, 3.8) is 0 Å². The predicted molar refractivity (Wildman–Crippen MR) is 51.0 cm³/mol. The Morgan fingerprint density at radius 3 is 2.92 bits per heavy atom. The molecule has 1 aliphatic rings. The van der Waals surface area contributed by atoms with Crippen LogP contribution in [-0.2, 0) is 11.3 Å². The van der Waals surface area contributed by atoms with Crippen LogP contribution in [0.1, 0.15) is 18.6 Å². The van der Waals surface area contributed by atoms with E-state index in [-0.39, 0.29) is 11.8 Å². The molecular weight excluding hydrogens is 234 g/mol. The number of nitrogens with one attached hydrogen (secondary N) is 1. The van der Waals surface area contributed by atoms with Crippen LogP contribution >= 0.6 is 15.9 Å². The van der Waals surface area contributed by atoms with E-state index in [0.717, 1.165) is 18.6 Å². The fraction of sp³-hybridized carbons (Fsp3) is 0.444. The zero-order chi connectivity index (χ0) is 9.26. The zero-order valence-electron chi connectivity index (χ0n) is 7.05. The van der Waals surface area contributed by atoms with E-state index in [1.165, 1.54) is 0 Å². The van der Waals surface area contributed by atoms with Gasteiger partial charge in [0.15, 0.2) is 4.67 Å². The second-order valence-corrected chi connectivity index (χ2v) is 3.98. The number of hydrogen-bond acceptors (Lipinski definition) is 2. The summed E-state index contributed by atoms with van der Waals surface area (Å²) in [5, 5.41) is 2.82. The van der Waals surface area contributed by atoms with E-state index in [9.17, 15) is 4.79 Å². The van der Waals surface area contributed by atoms with E-state index in [4.69, 9.17) is 4.42 Å². The van der Waals surface area contributed by atoms with E-state index in [0.29, 0.717) is 11.2 Å². The lowest BCUT2D eigenvalue weighted by Crippen LogP contribution is -2.23. The number of rotatable bonds is 3. The van der Waals surface area contributed by atoms with Crippen molar-refractivity contribution < 1.29 is 9.21 Å².